The number of hydrogen-bond donors (Lipinski definition) is 0. The molecule has 4 heteroatoms. The number of rotatable bonds is 2. The SMILES string of the molecule is CC1(C)CCCC1n1c(CCl)nc2ccccc2c1=O. The highest BCUT2D eigenvalue weighted by Gasteiger charge is 2.37. The quantitative estimate of drug-likeness (QED) is 0.787. The first-order valence-corrected chi connectivity index (χ1v) is 7.64. The van der Waals surface area contributed by atoms with Crippen molar-refractivity contribution in [1.29, 1.82) is 0 Å². The summed E-state index contributed by atoms with van der Waals surface area (Å²) in [5, 5.41) is 0.684. The lowest BCUT2D eigenvalue weighted by Crippen LogP contribution is -2.34. The van der Waals surface area contributed by atoms with E-state index in [0.29, 0.717) is 11.2 Å². The van der Waals surface area contributed by atoms with Gasteiger partial charge in [-0.1, -0.05) is 32.4 Å². The monoisotopic (exact) mass is 290 g/mol. The molecule has 1 aliphatic rings. The van der Waals surface area contributed by atoms with Crippen LogP contribution in [-0.2, 0) is 5.88 Å². The van der Waals surface area contributed by atoms with Gasteiger partial charge in [-0.05, 0) is 30.4 Å². The lowest BCUT2D eigenvalue weighted by Gasteiger charge is -2.30. The van der Waals surface area contributed by atoms with Gasteiger partial charge in [-0.2, -0.15) is 0 Å². The minimum atomic E-state index is 0.0474. The van der Waals surface area contributed by atoms with E-state index in [1.54, 1.807) is 0 Å². The zero-order valence-corrected chi connectivity index (χ0v) is 12.7. The van der Waals surface area contributed by atoms with Crippen LogP contribution in [0.4, 0.5) is 0 Å². The Hall–Kier alpha value is -1.35. The molecule has 0 saturated heterocycles. The van der Waals surface area contributed by atoms with E-state index in [2.05, 4.69) is 18.8 Å². The average Bonchev–Trinajstić information content (AvgIpc) is 2.78. The lowest BCUT2D eigenvalue weighted by molar-refractivity contribution is 0.251. The Kier molecular flexibility index (Phi) is 3.33. The van der Waals surface area contributed by atoms with Crippen molar-refractivity contribution in [2.24, 2.45) is 5.41 Å². The van der Waals surface area contributed by atoms with Crippen molar-refractivity contribution < 1.29 is 0 Å². The third-order valence-electron chi connectivity index (χ3n) is 4.51. The molecule has 1 aromatic carbocycles. The highest BCUT2D eigenvalue weighted by Crippen LogP contribution is 2.45. The molecule has 3 rings (SSSR count). The van der Waals surface area contributed by atoms with Gasteiger partial charge in [0.15, 0.2) is 0 Å². The minimum Gasteiger partial charge on any atom is -0.291 e. The van der Waals surface area contributed by atoms with Gasteiger partial charge in [-0.3, -0.25) is 9.36 Å². The van der Waals surface area contributed by atoms with Crippen molar-refractivity contribution >= 4 is 22.5 Å². The summed E-state index contributed by atoms with van der Waals surface area (Å²) < 4.78 is 1.85. The summed E-state index contributed by atoms with van der Waals surface area (Å²) >= 11 is 6.05. The maximum atomic E-state index is 12.8. The largest absolute Gasteiger partial charge is 0.291 e. The Balaban J connectivity index is 2.29. The van der Waals surface area contributed by atoms with Crippen LogP contribution in [0.15, 0.2) is 29.1 Å². The molecule has 0 spiro atoms. The molecule has 1 fully saturated rings. The molecule has 2 aromatic rings. The molecule has 0 radical (unpaired) electrons. The topological polar surface area (TPSA) is 34.9 Å². The molecule has 1 atom stereocenters. The Morgan fingerprint density at radius 1 is 1.40 bits per heavy atom. The van der Waals surface area contributed by atoms with Crippen LogP contribution in [0, 0.1) is 5.41 Å². The number of benzene rings is 1. The summed E-state index contributed by atoms with van der Waals surface area (Å²) in [5.41, 5.74) is 0.904. The summed E-state index contributed by atoms with van der Waals surface area (Å²) in [6.45, 7) is 4.45. The molecule has 1 aromatic heterocycles. The van der Waals surface area contributed by atoms with E-state index in [0.717, 1.165) is 24.8 Å². The van der Waals surface area contributed by atoms with Crippen LogP contribution >= 0.6 is 11.6 Å². The van der Waals surface area contributed by atoms with Crippen molar-refractivity contribution in [3.8, 4) is 0 Å². The van der Waals surface area contributed by atoms with Gasteiger partial charge in [0.1, 0.15) is 5.82 Å². The van der Waals surface area contributed by atoms with Crippen molar-refractivity contribution in [2.45, 2.75) is 45.0 Å². The molecule has 0 aliphatic heterocycles. The second-order valence-corrected chi connectivity index (χ2v) is 6.52. The maximum Gasteiger partial charge on any atom is 0.261 e. The maximum absolute atomic E-state index is 12.8. The fraction of sp³-hybridized carbons (Fsp3) is 0.500. The molecule has 0 bridgehead atoms. The predicted octanol–water partition coefficient (Wildman–Crippen LogP) is 3.89. The average molecular weight is 291 g/mol. The van der Waals surface area contributed by atoms with Crippen molar-refractivity contribution in [2.75, 3.05) is 0 Å². The number of para-hydroxylation sites is 1. The van der Waals surface area contributed by atoms with Crippen LogP contribution in [0.5, 0.6) is 0 Å². The van der Waals surface area contributed by atoms with Crippen molar-refractivity contribution in [3.63, 3.8) is 0 Å². The second kappa shape index (κ2) is 4.88. The second-order valence-electron chi connectivity index (χ2n) is 6.25. The predicted molar refractivity (Wildman–Crippen MR) is 82.2 cm³/mol. The summed E-state index contributed by atoms with van der Waals surface area (Å²) in [6, 6.07) is 7.70. The summed E-state index contributed by atoms with van der Waals surface area (Å²) in [4.78, 5) is 17.4. The van der Waals surface area contributed by atoms with Gasteiger partial charge < -0.3 is 0 Å². The van der Waals surface area contributed by atoms with E-state index in [-0.39, 0.29) is 22.9 Å². The molecule has 106 valence electrons. The van der Waals surface area contributed by atoms with Crippen LogP contribution in [0.25, 0.3) is 10.9 Å². The van der Waals surface area contributed by atoms with Gasteiger partial charge in [0, 0.05) is 6.04 Å². The third-order valence-corrected chi connectivity index (χ3v) is 4.75. The van der Waals surface area contributed by atoms with Crippen LogP contribution in [0.3, 0.4) is 0 Å². The Bertz CT molecular complexity index is 705. The Morgan fingerprint density at radius 2 is 2.15 bits per heavy atom. The minimum absolute atomic E-state index is 0.0474. The first kappa shape index (κ1) is 13.6. The molecular weight excluding hydrogens is 272 g/mol. The number of aromatic nitrogens is 2. The zero-order chi connectivity index (χ0) is 14.3. The van der Waals surface area contributed by atoms with Gasteiger partial charge in [0.05, 0.1) is 16.8 Å². The fourth-order valence-electron chi connectivity index (χ4n) is 3.39. The molecule has 1 aliphatic carbocycles. The lowest BCUT2D eigenvalue weighted by atomic mass is 9.87. The first-order valence-electron chi connectivity index (χ1n) is 7.11. The van der Waals surface area contributed by atoms with E-state index in [1.807, 2.05) is 28.8 Å². The molecule has 1 heterocycles. The number of halogens is 1. The van der Waals surface area contributed by atoms with Crippen molar-refractivity contribution in [3.05, 3.63) is 40.4 Å². The number of nitrogens with zero attached hydrogens (tertiary/aromatic N) is 2. The molecule has 20 heavy (non-hydrogen) atoms. The Labute approximate surface area is 123 Å². The highest BCUT2D eigenvalue weighted by atomic mass is 35.5. The van der Waals surface area contributed by atoms with Crippen molar-refractivity contribution in [1.82, 2.24) is 9.55 Å². The van der Waals surface area contributed by atoms with E-state index in [9.17, 15) is 4.79 Å². The normalized spacial score (nSPS) is 21.4. The number of alkyl halides is 1. The molecule has 3 nitrogen and oxygen atoms in total. The van der Waals surface area contributed by atoms with E-state index in [1.165, 1.54) is 0 Å². The third kappa shape index (κ3) is 2.05. The molecule has 1 saturated carbocycles. The summed E-state index contributed by atoms with van der Waals surface area (Å²) in [6.07, 6.45) is 3.31. The van der Waals surface area contributed by atoms with Crippen LogP contribution in [0.1, 0.15) is 45.0 Å². The van der Waals surface area contributed by atoms with E-state index in [4.69, 9.17) is 11.6 Å². The van der Waals surface area contributed by atoms with Crippen LogP contribution in [-0.4, -0.2) is 9.55 Å². The van der Waals surface area contributed by atoms with Gasteiger partial charge in [-0.15, -0.1) is 11.6 Å². The molecule has 0 N–H and O–H groups in total. The van der Waals surface area contributed by atoms with Gasteiger partial charge >= 0.3 is 0 Å². The standard InChI is InChI=1S/C16H19ClN2O/c1-16(2)9-5-8-13(16)19-14(10-17)18-12-7-4-3-6-11(12)15(19)20/h3-4,6-7,13H,5,8-10H2,1-2H3. The zero-order valence-electron chi connectivity index (χ0n) is 11.9. The number of fused-ring (bicyclic) bond motifs is 1. The fourth-order valence-corrected chi connectivity index (χ4v) is 3.58. The van der Waals surface area contributed by atoms with E-state index >= 15 is 0 Å². The molecule has 0 amide bonds. The van der Waals surface area contributed by atoms with Gasteiger partial charge in [-0.25, -0.2) is 4.98 Å². The summed E-state index contributed by atoms with van der Waals surface area (Å²) in [7, 11) is 0. The number of hydrogen-bond acceptors (Lipinski definition) is 2. The summed E-state index contributed by atoms with van der Waals surface area (Å²) in [5.74, 6) is 0.961. The smallest absolute Gasteiger partial charge is 0.261 e. The van der Waals surface area contributed by atoms with Crippen LogP contribution in [0.2, 0.25) is 0 Å². The molecule has 1 unspecified atom stereocenters. The van der Waals surface area contributed by atoms with E-state index < -0.39 is 0 Å². The Morgan fingerprint density at radius 3 is 2.80 bits per heavy atom. The highest BCUT2D eigenvalue weighted by molar-refractivity contribution is 6.16. The van der Waals surface area contributed by atoms with Gasteiger partial charge in [0.2, 0.25) is 0 Å². The first-order chi connectivity index (χ1) is 9.54. The molecular formula is C16H19ClN2O. The van der Waals surface area contributed by atoms with Gasteiger partial charge in [0.25, 0.3) is 5.56 Å². The van der Waals surface area contributed by atoms with Crippen LogP contribution < -0.4 is 5.56 Å².